The van der Waals surface area contributed by atoms with Gasteiger partial charge in [-0.3, -0.25) is 14.8 Å². The van der Waals surface area contributed by atoms with Gasteiger partial charge < -0.3 is 9.88 Å². The van der Waals surface area contributed by atoms with Gasteiger partial charge in [0.1, 0.15) is 0 Å². The van der Waals surface area contributed by atoms with Crippen LogP contribution < -0.4 is 10.8 Å². The number of amides is 2. The molecule has 0 spiro atoms. The third kappa shape index (κ3) is 4.85. The van der Waals surface area contributed by atoms with Gasteiger partial charge in [-0.15, -0.1) is 0 Å². The number of halogens is 3. The first-order valence-electron chi connectivity index (χ1n) is 10.6. The van der Waals surface area contributed by atoms with Crippen LogP contribution in [0.1, 0.15) is 47.4 Å². The van der Waals surface area contributed by atoms with Gasteiger partial charge in [-0.05, 0) is 42.7 Å². The summed E-state index contributed by atoms with van der Waals surface area (Å²) in [6.07, 6.45) is -1.72. The van der Waals surface area contributed by atoms with E-state index in [1.54, 1.807) is 47.9 Å². The molecule has 3 aromatic rings. The van der Waals surface area contributed by atoms with Gasteiger partial charge in [-0.25, -0.2) is 10.5 Å². The number of nitrogens with one attached hydrogen (secondary N) is 2. The molecule has 1 heterocycles. The number of alkyl halides is 3. The third-order valence-corrected chi connectivity index (χ3v) is 5.99. The normalized spacial score (nSPS) is 18.8. The predicted octanol–water partition coefficient (Wildman–Crippen LogP) is 3.90. The number of benzene rings is 2. The molecule has 33 heavy (non-hydrogen) atoms. The minimum Gasteiger partial charge on any atom is -0.349 e. The van der Waals surface area contributed by atoms with Crippen molar-refractivity contribution in [1.29, 1.82) is 0 Å². The summed E-state index contributed by atoms with van der Waals surface area (Å²) < 4.78 is 41.7. The molecule has 10 heteroatoms. The number of hydroxylamine groups is 1. The Hall–Kier alpha value is -3.40. The topological polar surface area (TPSA) is 96.3 Å². The lowest BCUT2D eigenvalue weighted by Crippen LogP contribution is -2.47. The molecule has 3 N–H and O–H groups in total. The minimum absolute atomic E-state index is 0.0569. The summed E-state index contributed by atoms with van der Waals surface area (Å²) in [6, 6.07) is 12.3. The monoisotopic (exact) mass is 460 g/mol. The van der Waals surface area contributed by atoms with Gasteiger partial charge in [0.15, 0.2) is 0 Å². The number of para-hydroxylation sites is 2. The molecule has 0 saturated heterocycles. The van der Waals surface area contributed by atoms with E-state index in [1.165, 1.54) is 6.07 Å². The van der Waals surface area contributed by atoms with Gasteiger partial charge in [-0.2, -0.15) is 13.2 Å². The van der Waals surface area contributed by atoms with Gasteiger partial charge in [0, 0.05) is 18.2 Å². The Labute approximate surface area is 187 Å². The maximum atomic E-state index is 13.5. The fraction of sp³-hybridized carbons (Fsp3) is 0.348. The number of fused-ring (bicyclic) bond motifs is 1. The lowest BCUT2D eigenvalue weighted by Gasteiger charge is -2.30. The lowest BCUT2D eigenvalue weighted by molar-refractivity contribution is -0.146. The molecule has 2 aromatic carbocycles. The SMILES string of the molecule is O=C(N[C@@H]1CCCC[C@@H]1C(=O)NO)c1ccc(Cn2c(C(F)(F)F)nc3ccccc32)cc1. The summed E-state index contributed by atoms with van der Waals surface area (Å²) in [6.45, 7) is -0.0569. The second kappa shape index (κ2) is 9.22. The Balaban J connectivity index is 1.51. The highest BCUT2D eigenvalue weighted by Gasteiger charge is 2.37. The van der Waals surface area contributed by atoms with Crippen LogP contribution in [0.3, 0.4) is 0 Å². The summed E-state index contributed by atoms with van der Waals surface area (Å²) >= 11 is 0. The summed E-state index contributed by atoms with van der Waals surface area (Å²) in [5.41, 5.74) is 3.20. The van der Waals surface area contributed by atoms with Crippen LogP contribution >= 0.6 is 0 Å². The Bertz CT molecular complexity index is 1160. The first-order chi connectivity index (χ1) is 15.8. The fourth-order valence-corrected chi connectivity index (χ4v) is 4.35. The zero-order chi connectivity index (χ0) is 23.6. The molecule has 0 radical (unpaired) electrons. The average Bonchev–Trinajstić information content (AvgIpc) is 3.18. The van der Waals surface area contributed by atoms with Crippen LogP contribution in [0.25, 0.3) is 11.0 Å². The predicted molar refractivity (Wildman–Crippen MR) is 113 cm³/mol. The van der Waals surface area contributed by atoms with Crippen LogP contribution in [0.2, 0.25) is 0 Å². The largest absolute Gasteiger partial charge is 0.449 e. The van der Waals surface area contributed by atoms with Crippen LogP contribution in [0.15, 0.2) is 48.5 Å². The molecule has 1 aliphatic rings. The zero-order valence-corrected chi connectivity index (χ0v) is 17.6. The lowest BCUT2D eigenvalue weighted by atomic mass is 9.84. The molecule has 0 aliphatic heterocycles. The van der Waals surface area contributed by atoms with E-state index in [2.05, 4.69) is 10.3 Å². The van der Waals surface area contributed by atoms with Gasteiger partial charge >= 0.3 is 6.18 Å². The number of imidazole rings is 1. The number of hydrogen-bond donors (Lipinski definition) is 3. The van der Waals surface area contributed by atoms with Crippen molar-refractivity contribution in [2.75, 3.05) is 0 Å². The molecule has 1 aromatic heterocycles. The number of carbonyl (C=O) groups excluding carboxylic acids is 2. The highest BCUT2D eigenvalue weighted by molar-refractivity contribution is 5.95. The van der Waals surface area contributed by atoms with Crippen molar-refractivity contribution in [1.82, 2.24) is 20.3 Å². The number of carbonyl (C=O) groups is 2. The van der Waals surface area contributed by atoms with Crippen molar-refractivity contribution in [3.63, 3.8) is 0 Å². The van der Waals surface area contributed by atoms with E-state index in [0.29, 0.717) is 29.5 Å². The number of rotatable bonds is 5. The molecule has 0 unspecified atom stereocenters. The van der Waals surface area contributed by atoms with Crippen molar-refractivity contribution in [3.05, 3.63) is 65.5 Å². The third-order valence-electron chi connectivity index (χ3n) is 5.99. The van der Waals surface area contributed by atoms with Crippen LogP contribution in [0.4, 0.5) is 13.2 Å². The van der Waals surface area contributed by atoms with Gasteiger partial charge in [0.05, 0.1) is 17.0 Å². The van der Waals surface area contributed by atoms with Crippen LogP contribution in [-0.2, 0) is 17.5 Å². The quantitative estimate of drug-likeness (QED) is 0.398. The summed E-state index contributed by atoms with van der Waals surface area (Å²) in [7, 11) is 0. The minimum atomic E-state index is -4.60. The molecule has 2 amide bonds. The fourth-order valence-electron chi connectivity index (χ4n) is 4.35. The summed E-state index contributed by atoms with van der Waals surface area (Å²) in [4.78, 5) is 28.3. The van der Waals surface area contributed by atoms with Crippen molar-refractivity contribution in [2.45, 2.75) is 44.4 Å². The van der Waals surface area contributed by atoms with Gasteiger partial charge in [0.25, 0.3) is 5.91 Å². The second-order valence-electron chi connectivity index (χ2n) is 8.15. The molecular weight excluding hydrogens is 437 g/mol. The molecule has 1 saturated carbocycles. The van der Waals surface area contributed by atoms with E-state index >= 15 is 0 Å². The van der Waals surface area contributed by atoms with Crippen LogP contribution in [0, 0.1) is 5.92 Å². The number of nitrogens with zero attached hydrogens (tertiary/aromatic N) is 2. The van der Waals surface area contributed by atoms with Crippen molar-refractivity contribution in [2.24, 2.45) is 5.92 Å². The summed E-state index contributed by atoms with van der Waals surface area (Å²) in [5, 5.41) is 11.8. The average molecular weight is 460 g/mol. The molecule has 174 valence electrons. The first-order valence-corrected chi connectivity index (χ1v) is 10.6. The zero-order valence-electron chi connectivity index (χ0n) is 17.6. The molecule has 1 aliphatic carbocycles. The van der Waals surface area contributed by atoms with Crippen molar-refractivity contribution in [3.8, 4) is 0 Å². The van der Waals surface area contributed by atoms with E-state index < -0.39 is 29.9 Å². The standard InChI is InChI=1S/C23H23F3N4O3/c24-23(25,26)22-28-18-7-3-4-8-19(18)30(22)13-14-9-11-15(12-10-14)20(31)27-17-6-2-1-5-16(17)21(32)29-33/h3-4,7-12,16-17,33H,1-2,5-6,13H2,(H,27,31)(H,29,32)/t16-,17+/m0/s1. The van der Waals surface area contributed by atoms with E-state index in [9.17, 15) is 22.8 Å². The van der Waals surface area contributed by atoms with Crippen molar-refractivity contribution < 1.29 is 28.0 Å². The highest BCUT2D eigenvalue weighted by atomic mass is 19.4. The number of hydrogen-bond acceptors (Lipinski definition) is 4. The van der Waals surface area contributed by atoms with Crippen LogP contribution in [0.5, 0.6) is 0 Å². The Morgan fingerprint density at radius 3 is 2.45 bits per heavy atom. The Morgan fingerprint density at radius 2 is 1.76 bits per heavy atom. The van der Waals surface area contributed by atoms with Crippen molar-refractivity contribution >= 4 is 22.8 Å². The molecule has 4 rings (SSSR count). The second-order valence-corrected chi connectivity index (χ2v) is 8.15. The van der Waals surface area contributed by atoms with E-state index in [4.69, 9.17) is 5.21 Å². The molecule has 2 atom stereocenters. The molecule has 0 bridgehead atoms. The molecule has 7 nitrogen and oxygen atoms in total. The van der Waals surface area contributed by atoms with Gasteiger partial charge in [0.2, 0.25) is 11.7 Å². The smallest absolute Gasteiger partial charge is 0.349 e. The van der Waals surface area contributed by atoms with E-state index in [1.807, 2.05) is 0 Å². The maximum Gasteiger partial charge on any atom is 0.449 e. The summed E-state index contributed by atoms with van der Waals surface area (Å²) in [5.74, 6) is -2.39. The highest BCUT2D eigenvalue weighted by Crippen LogP contribution is 2.32. The maximum absolute atomic E-state index is 13.5. The number of aromatic nitrogens is 2. The Kier molecular flexibility index (Phi) is 6.37. The van der Waals surface area contributed by atoms with E-state index in [-0.39, 0.29) is 18.0 Å². The van der Waals surface area contributed by atoms with Gasteiger partial charge in [-0.1, -0.05) is 37.1 Å². The van der Waals surface area contributed by atoms with E-state index in [0.717, 1.165) is 17.4 Å². The van der Waals surface area contributed by atoms with Crippen LogP contribution in [-0.4, -0.2) is 32.6 Å². The molecular formula is C23H23F3N4O3. The first kappa shape index (κ1) is 22.8. The molecule has 1 fully saturated rings. The Morgan fingerprint density at radius 1 is 1.06 bits per heavy atom.